The summed E-state index contributed by atoms with van der Waals surface area (Å²) >= 11 is 0. The Hall–Kier alpha value is -4.33. The van der Waals surface area contributed by atoms with Crippen LogP contribution in [0.15, 0.2) is 66.2 Å². The predicted molar refractivity (Wildman–Crippen MR) is 133 cm³/mol. The lowest BCUT2D eigenvalue weighted by molar-refractivity contribution is -0.132. The number of amides is 1. The molecular formula is C28H26FNO6. The Morgan fingerprint density at radius 2 is 1.56 bits per heavy atom. The van der Waals surface area contributed by atoms with Crippen molar-refractivity contribution in [2.24, 2.45) is 0 Å². The molecule has 1 fully saturated rings. The number of methoxy groups -OCH3 is 3. The van der Waals surface area contributed by atoms with Crippen LogP contribution in [0.3, 0.4) is 0 Å². The van der Waals surface area contributed by atoms with Crippen molar-refractivity contribution in [2.45, 2.75) is 19.4 Å². The zero-order valence-electron chi connectivity index (χ0n) is 20.4. The van der Waals surface area contributed by atoms with Gasteiger partial charge in [-0.1, -0.05) is 31.2 Å². The second-order valence-corrected chi connectivity index (χ2v) is 8.18. The fourth-order valence-electron chi connectivity index (χ4n) is 4.29. The highest BCUT2D eigenvalue weighted by Crippen LogP contribution is 2.44. The van der Waals surface area contributed by atoms with E-state index >= 15 is 0 Å². The molecule has 1 aliphatic heterocycles. The number of aryl methyl sites for hydroxylation is 1. The molecule has 36 heavy (non-hydrogen) atoms. The van der Waals surface area contributed by atoms with E-state index in [1.54, 1.807) is 30.3 Å². The largest absolute Gasteiger partial charge is 0.507 e. The molecule has 1 unspecified atom stereocenters. The number of ether oxygens (including phenoxy) is 3. The Bertz CT molecular complexity index is 1330. The van der Waals surface area contributed by atoms with Crippen molar-refractivity contribution in [1.29, 1.82) is 0 Å². The van der Waals surface area contributed by atoms with Gasteiger partial charge in [0, 0.05) is 18.2 Å². The molecule has 1 atom stereocenters. The van der Waals surface area contributed by atoms with Crippen molar-refractivity contribution in [1.82, 2.24) is 0 Å². The van der Waals surface area contributed by atoms with E-state index in [2.05, 4.69) is 0 Å². The molecule has 7 nitrogen and oxygen atoms in total. The minimum absolute atomic E-state index is 0.0334. The van der Waals surface area contributed by atoms with Crippen molar-refractivity contribution < 1.29 is 33.3 Å². The molecule has 8 heteroatoms. The molecule has 1 heterocycles. The van der Waals surface area contributed by atoms with Gasteiger partial charge < -0.3 is 19.3 Å². The summed E-state index contributed by atoms with van der Waals surface area (Å²) < 4.78 is 30.1. The molecule has 186 valence electrons. The highest BCUT2D eigenvalue weighted by Gasteiger charge is 2.47. The molecule has 4 rings (SSSR count). The minimum Gasteiger partial charge on any atom is -0.507 e. The highest BCUT2D eigenvalue weighted by atomic mass is 19.1. The summed E-state index contributed by atoms with van der Waals surface area (Å²) in [6.45, 7) is 2.01. The van der Waals surface area contributed by atoms with Crippen molar-refractivity contribution in [3.63, 3.8) is 0 Å². The number of Topliss-reactive ketones (excluding diaryl/α,β-unsaturated/α-hetero) is 1. The smallest absolute Gasteiger partial charge is 0.300 e. The van der Waals surface area contributed by atoms with Gasteiger partial charge in [-0.15, -0.1) is 0 Å². The van der Waals surface area contributed by atoms with Gasteiger partial charge in [0.25, 0.3) is 11.7 Å². The van der Waals surface area contributed by atoms with Gasteiger partial charge in [0.2, 0.25) is 0 Å². The van der Waals surface area contributed by atoms with Gasteiger partial charge in [-0.2, -0.15) is 0 Å². The Labute approximate surface area is 208 Å². The van der Waals surface area contributed by atoms with Crippen LogP contribution in [0.5, 0.6) is 17.2 Å². The van der Waals surface area contributed by atoms with Crippen molar-refractivity contribution in [3.8, 4) is 17.2 Å². The Balaban J connectivity index is 1.99. The van der Waals surface area contributed by atoms with Crippen LogP contribution in [-0.2, 0) is 16.0 Å². The molecule has 1 N–H and O–H groups in total. The van der Waals surface area contributed by atoms with E-state index in [1.165, 1.54) is 38.4 Å². The fourth-order valence-corrected chi connectivity index (χ4v) is 4.29. The second-order valence-electron chi connectivity index (χ2n) is 8.18. The van der Waals surface area contributed by atoms with Crippen molar-refractivity contribution in [3.05, 3.63) is 88.7 Å². The summed E-state index contributed by atoms with van der Waals surface area (Å²) in [6, 6.07) is 14.8. The number of ketones is 1. The van der Waals surface area contributed by atoms with Gasteiger partial charge in [-0.25, -0.2) is 4.39 Å². The van der Waals surface area contributed by atoms with Gasteiger partial charge in [0.15, 0.2) is 0 Å². The zero-order valence-corrected chi connectivity index (χ0v) is 20.4. The number of carbonyl (C=O) groups is 2. The number of halogens is 1. The Kier molecular flexibility index (Phi) is 6.96. The lowest BCUT2D eigenvalue weighted by Crippen LogP contribution is -2.29. The molecule has 0 spiro atoms. The maximum Gasteiger partial charge on any atom is 0.300 e. The third kappa shape index (κ3) is 4.37. The van der Waals surface area contributed by atoms with Crippen LogP contribution in [0.25, 0.3) is 5.76 Å². The van der Waals surface area contributed by atoms with Crippen LogP contribution in [-0.4, -0.2) is 38.1 Å². The van der Waals surface area contributed by atoms with Crippen LogP contribution in [0.4, 0.5) is 10.1 Å². The molecule has 0 aromatic heterocycles. The summed E-state index contributed by atoms with van der Waals surface area (Å²) in [5, 5.41) is 11.3. The van der Waals surface area contributed by atoms with Gasteiger partial charge in [-0.3, -0.25) is 14.5 Å². The third-order valence-corrected chi connectivity index (χ3v) is 6.18. The van der Waals surface area contributed by atoms with E-state index < -0.39 is 29.3 Å². The topological polar surface area (TPSA) is 85.3 Å². The monoisotopic (exact) mass is 491 g/mol. The van der Waals surface area contributed by atoms with E-state index in [0.29, 0.717) is 22.7 Å². The molecule has 3 aromatic rings. The molecule has 1 amide bonds. The number of aliphatic hydroxyl groups excluding tert-OH is 1. The minimum atomic E-state index is -0.999. The number of nitrogens with zero attached hydrogens (tertiary/aromatic N) is 1. The summed E-state index contributed by atoms with van der Waals surface area (Å²) in [7, 11) is 4.32. The van der Waals surface area contributed by atoms with E-state index in [-0.39, 0.29) is 16.9 Å². The molecule has 0 bridgehead atoms. The normalized spacial score (nSPS) is 16.8. The summed E-state index contributed by atoms with van der Waals surface area (Å²) in [5.41, 5.74) is 1.77. The molecule has 3 aromatic carbocycles. The first-order valence-corrected chi connectivity index (χ1v) is 11.3. The zero-order chi connectivity index (χ0) is 26.0. The SMILES string of the molecule is CCc1ccc(C2/C(=C(\O)c3cc(F)ccc3OC)C(=O)C(=O)N2c2cc(OC)cc(OC)c2)cc1. The van der Waals surface area contributed by atoms with E-state index in [9.17, 15) is 19.1 Å². The molecule has 1 saturated heterocycles. The summed E-state index contributed by atoms with van der Waals surface area (Å²) in [4.78, 5) is 28.1. The molecular weight excluding hydrogens is 465 g/mol. The van der Waals surface area contributed by atoms with E-state index in [4.69, 9.17) is 14.2 Å². The average Bonchev–Trinajstić information content (AvgIpc) is 3.17. The first-order valence-electron chi connectivity index (χ1n) is 11.3. The van der Waals surface area contributed by atoms with E-state index in [0.717, 1.165) is 18.1 Å². The number of anilines is 1. The number of benzene rings is 3. The summed E-state index contributed by atoms with van der Waals surface area (Å²) in [5.74, 6) is -1.95. The van der Waals surface area contributed by atoms with Gasteiger partial charge in [-0.05, 0) is 35.7 Å². The lowest BCUT2D eigenvalue weighted by atomic mass is 9.94. The number of hydrogen-bond donors (Lipinski definition) is 1. The van der Waals surface area contributed by atoms with Crippen LogP contribution in [0, 0.1) is 5.82 Å². The van der Waals surface area contributed by atoms with E-state index in [1.807, 2.05) is 19.1 Å². The quantitative estimate of drug-likeness (QED) is 0.283. The maximum atomic E-state index is 14.1. The Morgan fingerprint density at radius 1 is 0.917 bits per heavy atom. The first kappa shape index (κ1) is 24.8. The lowest BCUT2D eigenvalue weighted by Gasteiger charge is -2.26. The molecule has 0 radical (unpaired) electrons. The second kappa shape index (κ2) is 10.1. The number of hydrogen-bond acceptors (Lipinski definition) is 6. The van der Waals surface area contributed by atoms with Crippen LogP contribution in [0.2, 0.25) is 0 Å². The average molecular weight is 492 g/mol. The number of rotatable bonds is 7. The predicted octanol–water partition coefficient (Wildman–Crippen LogP) is 5.04. The van der Waals surface area contributed by atoms with Gasteiger partial charge >= 0.3 is 0 Å². The first-order chi connectivity index (χ1) is 17.3. The van der Waals surface area contributed by atoms with Gasteiger partial charge in [0.05, 0.1) is 44.2 Å². The standard InChI is InChI=1S/C28H26FNO6/c1-5-16-6-8-17(9-7-16)25-24(26(31)22-12-18(29)10-11-23(22)36-4)27(32)28(33)30(25)19-13-20(34-2)15-21(14-19)35-3/h6-15,25,31H,5H2,1-4H3/b26-24+. The van der Waals surface area contributed by atoms with Gasteiger partial charge in [0.1, 0.15) is 28.8 Å². The number of carbonyl (C=O) groups excluding carboxylic acids is 2. The van der Waals surface area contributed by atoms with Crippen LogP contribution in [0.1, 0.15) is 29.7 Å². The third-order valence-electron chi connectivity index (χ3n) is 6.18. The molecule has 0 aliphatic carbocycles. The maximum absolute atomic E-state index is 14.1. The highest BCUT2D eigenvalue weighted by molar-refractivity contribution is 6.51. The number of aliphatic hydroxyl groups is 1. The van der Waals surface area contributed by atoms with Crippen molar-refractivity contribution in [2.75, 3.05) is 26.2 Å². The molecule has 0 saturated carbocycles. The van der Waals surface area contributed by atoms with Crippen LogP contribution >= 0.6 is 0 Å². The summed E-state index contributed by atoms with van der Waals surface area (Å²) in [6.07, 6.45) is 0.800. The fraction of sp³-hybridized carbons (Fsp3) is 0.214. The molecule has 1 aliphatic rings. The van der Waals surface area contributed by atoms with Crippen LogP contribution < -0.4 is 19.1 Å². The Morgan fingerprint density at radius 3 is 2.11 bits per heavy atom. The van der Waals surface area contributed by atoms with Crippen molar-refractivity contribution >= 4 is 23.1 Å².